The van der Waals surface area contributed by atoms with E-state index in [2.05, 4.69) is 20.8 Å². The molecule has 2 bridgehead atoms. The summed E-state index contributed by atoms with van der Waals surface area (Å²) >= 11 is 0. The van der Waals surface area contributed by atoms with Crippen LogP contribution in [0.2, 0.25) is 0 Å². The van der Waals surface area contributed by atoms with Crippen LogP contribution < -0.4 is 0 Å². The first kappa shape index (κ1) is 16.7. The highest BCUT2D eigenvalue weighted by Crippen LogP contribution is 2.66. The van der Waals surface area contributed by atoms with Gasteiger partial charge >= 0.3 is 5.97 Å². The molecule has 23 heavy (non-hydrogen) atoms. The Morgan fingerprint density at radius 2 is 2.09 bits per heavy atom. The fourth-order valence-electron chi connectivity index (χ4n) is 4.53. The third-order valence-corrected chi connectivity index (χ3v) is 7.24. The number of rotatable bonds is 4. The van der Waals surface area contributed by atoms with Crippen LogP contribution in [0, 0.1) is 16.7 Å². The largest absolute Gasteiger partial charge is 0.458 e. The first-order chi connectivity index (χ1) is 10.7. The molecule has 1 aromatic rings. The number of ether oxygens (including phenoxy) is 1. The molecule has 0 spiro atoms. The summed E-state index contributed by atoms with van der Waals surface area (Å²) in [6.07, 6.45) is 5.04. The normalized spacial score (nSPS) is 32.7. The van der Waals surface area contributed by atoms with Crippen LogP contribution in [0.25, 0.3) is 0 Å². The van der Waals surface area contributed by atoms with E-state index in [-0.39, 0.29) is 22.9 Å². The monoisotopic (exact) mass is 334 g/mol. The van der Waals surface area contributed by atoms with Crippen LogP contribution in [0.1, 0.15) is 56.0 Å². The Labute approximate surface area is 141 Å². The van der Waals surface area contributed by atoms with Crippen molar-refractivity contribution in [2.45, 2.75) is 51.9 Å². The summed E-state index contributed by atoms with van der Waals surface area (Å²) in [5.74, 6) is 0.875. The molecule has 2 saturated carbocycles. The Kier molecular flexibility index (Phi) is 4.16. The highest BCUT2D eigenvalue weighted by molar-refractivity contribution is 7.83. The molecule has 4 unspecified atom stereocenters. The minimum atomic E-state index is -0.913. The Balaban J connectivity index is 1.75. The molecular weight excluding hydrogens is 308 g/mol. The number of hydrogen-bond acceptors (Lipinski definition) is 3. The Morgan fingerprint density at radius 3 is 2.65 bits per heavy atom. The molecule has 4 atom stereocenters. The highest BCUT2D eigenvalue weighted by atomic mass is 32.2. The van der Waals surface area contributed by atoms with Gasteiger partial charge in [-0.3, -0.25) is 4.21 Å². The molecule has 4 heteroatoms. The van der Waals surface area contributed by atoms with Gasteiger partial charge in [0.25, 0.3) is 0 Å². The zero-order valence-electron chi connectivity index (χ0n) is 14.4. The van der Waals surface area contributed by atoms with E-state index in [0.717, 1.165) is 18.4 Å². The fraction of sp³-hybridized carbons (Fsp3) is 0.632. The van der Waals surface area contributed by atoms with Crippen LogP contribution in [0.3, 0.4) is 0 Å². The lowest BCUT2D eigenvalue weighted by atomic mass is 9.70. The molecular formula is C19H26O3S. The number of fused-ring (bicyclic) bond motifs is 2. The molecule has 1 aromatic carbocycles. The van der Waals surface area contributed by atoms with Gasteiger partial charge in [-0.1, -0.05) is 32.9 Å². The molecule has 0 aliphatic heterocycles. The zero-order chi connectivity index (χ0) is 16.8. The maximum absolute atomic E-state index is 12.6. The van der Waals surface area contributed by atoms with Crippen LogP contribution in [-0.4, -0.2) is 22.5 Å². The van der Waals surface area contributed by atoms with Gasteiger partial charge in [0.1, 0.15) is 6.10 Å². The molecule has 0 radical (unpaired) electrons. The summed E-state index contributed by atoms with van der Waals surface area (Å²) < 4.78 is 17.3. The number of hydrogen-bond donors (Lipinski definition) is 0. The van der Waals surface area contributed by atoms with E-state index in [9.17, 15) is 9.00 Å². The summed E-state index contributed by atoms with van der Waals surface area (Å²) in [7, 11) is -0.913. The molecule has 2 fully saturated rings. The van der Waals surface area contributed by atoms with Gasteiger partial charge < -0.3 is 4.74 Å². The van der Waals surface area contributed by atoms with Crippen LogP contribution in [-0.2, 0) is 21.3 Å². The lowest BCUT2D eigenvalue weighted by molar-refractivity contribution is -0.0242. The molecule has 0 heterocycles. The topological polar surface area (TPSA) is 43.4 Å². The van der Waals surface area contributed by atoms with E-state index in [4.69, 9.17) is 4.74 Å². The van der Waals surface area contributed by atoms with Gasteiger partial charge in [0.05, 0.1) is 5.56 Å². The van der Waals surface area contributed by atoms with Crippen molar-refractivity contribution in [2.24, 2.45) is 16.7 Å². The van der Waals surface area contributed by atoms with Gasteiger partial charge in [-0.2, -0.15) is 0 Å². The SMILES string of the molecule is CS(=O)Cc1cccc(C(=O)OC2CC3CCC2(C)C3(C)C)c1. The van der Waals surface area contributed by atoms with Gasteiger partial charge in [-0.25, -0.2) is 4.79 Å². The number of esters is 1. The first-order valence-corrected chi connectivity index (χ1v) is 10.1. The second-order valence-electron chi connectivity index (χ2n) is 7.92. The van der Waals surface area contributed by atoms with Crippen molar-refractivity contribution in [3.8, 4) is 0 Å². The third-order valence-electron chi connectivity index (χ3n) is 6.50. The highest BCUT2D eigenvalue weighted by Gasteiger charge is 2.62. The first-order valence-electron chi connectivity index (χ1n) is 8.34. The van der Waals surface area contributed by atoms with Gasteiger partial charge in [-0.05, 0) is 48.3 Å². The van der Waals surface area contributed by atoms with Crippen molar-refractivity contribution in [2.75, 3.05) is 6.26 Å². The summed E-state index contributed by atoms with van der Waals surface area (Å²) in [6.45, 7) is 6.90. The quantitative estimate of drug-likeness (QED) is 0.784. The molecule has 126 valence electrons. The maximum Gasteiger partial charge on any atom is 0.338 e. The average molecular weight is 334 g/mol. The Hall–Kier alpha value is -1.16. The van der Waals surface area contributed by atoms with Crippen molar-refractivity contribution in [3.05, 3.63) is 35.4 Å². The van der Waals surface area contributed by atoms with Gasteiger partial charge in [-0.15, -0.1) is 0 Å². The minimum absolute atomic E-state index is 0.00714. The van der Waals surface area contributed by atoms with Crippen molar-refractivity contribution in [1.82, 2.24) is 0 Å². The standard InChI is InChI=1S/C19H26O3S/c1-18(2)15-8-9-19(18,3)16(11-15)22-17(20)14-7-5-6-13(10-14)12-23(4)21/h5-7,10,15-16H,8-9,11-12H2,1-4H3. The second-order valence-corrected chi connectivity index (χ2v) is 9.36. The van der Waals surface area contributed by atoms with Gasteiger partial charge in [0, 0.05) is 28.2 Å². The van der Waals surface area contributed by atoms with E-state index in [0.29, 0.717) is 17.2 Å². The minimum Gasteiger partial charge on any atom is -0.458 e. The van der Waals surface area contributed by atoms with Crippen LogP contribution in [0.15, 0.2) is 24.3 Å². The summed E-state index contributed by atoms with van der Waals surface area (Å²) in [5.41, 5.74) is 1.80. The van der Waals surface area contributed by atoms with E-state index >= 15 is 0 Å². The average Bonchev–Trinajstić information content (AvgIpc) is 2.80. The fourth-order valence-corrected chi connectivity index (χ4v) is 5.18. The van der Waals surface area contributed by atoms with E-state index < -0.39 is 10.8 Å². The zero-order valence-corrected chi connectivity index (χ0v) is 15.2. The smallest absolute Gasteiger partial charge is 0.338 e. The van der Waals surface area contributed by atoms with Crippen molar-refractivity contribution < 1.29 is 13.7 Å². The Bertz CT molecular complexity index is 652. The predicted molar refractivity (Wildman–Crippen MR) is 92.6 cm³/mol. The lowest BCUT2D eigenvalue weighted by Crippen LogP contribution is -2.38. The molecule has 2 aliphatic rings. The molecule has 2 aliphatic carbocycles. The van der Waals surface area contributed by atoms with Crippen molar-refractivity contribution in [1.29, 1.82) is 0 Å². The molecule has 0 aromatic heterocycles. The summed E-state index contributed by atoms with van der Waals surface area (Å²) in [5, 5.41) is 0. The predicted octanol–water partition coefficient (Wildman–Crippen LogP) is 3.94. The van der Waals surface area contributed by atoms with Crippen LogP contribution in [0.4, 0.5) is 0 Å². The number of carbonyl (C=O) groups excluding carboxylic acids is 1. The molecule has 0 saturated heterocycles. The van der Waals surface area contributed by atoms with Gasteiger partial charge in [0.2, 0.25) is 0 Å². The summed E-state index contributed by atoms with van der Waals surface area (Å²) in [4.78, 5) is 12.6. The summed E-state index contributed by atoms with van der Waals surface area (Å²) in [6, 6.07) is 7.33. The van der Waals surface area contributed by atoms with E-state index in [1.165, 1.54) is 6.42 Å². The second kappa shape index (κ2) is 5.73. The molecule has 3 rings (SSSR count). The third kappa shape index (κ3) is 2.75. The number of benzene rings is 1. The van der Waals surface area contributed by atoms with Crippen molar-refractivity contribution in [3.63, 3.8) is 0 Å². The molecule has 3 nitrogen and oxygen atoms in total. The van der Waals surface area contributed by atoms with Crippen LogP contribution >= 0.6 is 0 Å². The molecule has 0 amide bonds. The van der Waals surface area contributed by atoms with Gasteiger partial charge in [0.15, 0.2) is 0 Å². The Morgan fingerprint density at radius 1 is 1.35 bits per heavy atom. The molecule has 0 N–H and O–H groups in total. The maximum atomic E-state index is 12.6. The van der Waals surface area contributed by atoms with E-state index in [1.54, 1.807) is 12.3 Å². The van der Waals surface area contributed by atoms with Crippen molar-refractivity contribution >= 4 is 16.8 Å². The number of carbonyl (C=O) groups is 1. The lowest BCUT2D eigenvalue weighted by Gasteiger charge is -2.38. The van der Waals surface area contributed by atoms with E-state index in [1.807, 2.05) is 18.2 Å². The van der Waals surface area contributed by atoms with Crippen LogP contribution in [0.5, 0.6) is 0 Å².